The van der Waals surface area contributed by atoms with Crippen LogP contribution in [0, 0.1) is 11.8 Å². The van der Waals surface area contributed by atoms with E-state index in [0.29, 0.717) is 24.6 Å². The first-order chi connectivity index (χ1) is 11.1. The number of carbonyl (C=O) groups excluding carboxylic acids is 2. The summed E-state index contributed by atoms with van der Waals surface area (Å²) in [7, 11) is -3.28. The summed E-state index contributed by atoms with van der Waals surface area (Å²) < 4.78 is 23.0. The average Bonchev–Trinajstić information content (AvgIpc) is 2.89. The molecule has 1 aliphatic rings. The van der Waals surface area contributed by atoms with Crippen molar-refractivity contribution in [3.8, 4) is 0 Å². The Hall–Kier alpha value is -1.89. The van der Waals surface area contributed by atoms with Crippen LogP contribution in [0.5, 0.6) is 0 Å². The number of nitrogens with zero attached hydrogens (tertiary/aromatic N) is 1. The molecular weight excluding hydrogens is 328 g/mol. The predicted octanol–water partition coefficient (Wildman–Crippen LogP) is 1.32. The van der Waals surface area contributed by atoms with Crippen molar-refractivity contribution in [1.29, 1.82) is 0 Å². The molecule has 0 spiro atoms. The second kappa shape index (κ2) is 6.93. The van der Waals surface area contributed by atoms with Gasteiger partial charge in [-0.25, -0.2) is 8.42 Å². The van der Waals surface area contributed by atoms with E-state index in [9.17, 15) is 18.0 Å². The molecule has 1 N–H and O–H groups in total. The normalized spacial score (nSPS) is 21.1. The molecule has 1 aromatic rings. The minimum atomic E-state index is -3.28. The number of carbonyl (C=O) groups is 2. The maximum Gasteiger partial charge on any atom is 0.253 e. The molecule has 6 nitrogen and oxygen atoms in total. The van der Waals surface area contributed by atoms with Gasteiger partial charge in [-0.3, -0.25) is 9.59 Å². The van der Waals surface area contributed by atoms with Gasteiger partial charge in [0, 0.05) is 37.8 Å². The highest BCUT2D eigenvalue weighted by atomic mass is 32.2. The highest BCUT2D eigenvalue weighted by Gasteiger charge is 2.37. The molecule has 7 heteroatoms. The first-order valence-corrected chi connectivity index (χ1v) is 9.85. The van der Waals surface area contributed by atoms with E-state index in [1.54, 1.807) is 4.90 Å². The number of benzene rings is 1. The second-order valence-electron chi connectivity index (χ2n) is 6.72. The average molecular weight is 352 g/mol. The molecule has 1 aliphatic heterocycles. The van der Waals surface area contributed by atoms with Crippen LogP contribution in [0.1, 0.15) is 31.1 Å². The summed E-state index contributed by atoms with van der Waals surface area (Å²) in [4.78, 5) is 26.0. The van der Waals surface area contributed by atoms with Gasteiger partial charge in [0.15, 0.2) is 9.84 Å². The lowest BCUT2D eigenvalue weighted by Crippen LogP contribution is -2.41. The molecule has 1 aromatic carbocycles. The maximum absolute atomic E-state index is 12.7. The Morgan fingerprint density at radius 3 is 2.21 bits per heavy atom. The Morgan fingerprint density at radius 1 is 1.17 bits per heavy atom. The molecule has 0 aliphatic carbocycles. The summed E-state index contributed by atoms with van der Waals surface area (Å²) in [5.41, 5.74) is 0.452. The quantitative estimate of drug-likeness (QED) is 0.886. The topological polar surface area (TPSA) is 83.6 Å². The monoisotopic (exact) mass is 352 g/mol. The Morgan fingerprint density at radius 2 is 1.75 bits per heavy atom. The molecule has 24 heavy (non-hydrogen) atoms. The number of sulfone groups is 1. The number of rotatable bonds is 4. The van der Waals surface area contributed by atoms with Gasteiger partial charge < -0.3 is 10.2 Å². The van der Waals surface area contributed by atoms with E-state index in [2.05, 4.69) is 19.2 Å². The third kappa shape index (κ3) is 4.14. The summed E-state index contributed by atoms with van der Waals surface area (Å²) in [5.74, 6) is 0.298. The van der Waals surface area contributed by atoms with E-state index in [-0.39, 0.29) is 28.7 Å². The molecule has 0 radical (unpaired) electrons. The molecule has 2 atom stereocenters. The van der Waals surface area contributed by atoms with E-state index in [4.69, 9.17) is 0 Å². The van der Waals surface area contributed by atoms with Crippen molar-refractivity contribution < 1.29 is 18.0 Å². The van der Waals surface area contributed by atoms with Gasteiger partial charge in [0.25, 0.3) is 5.91 Å². The zero-order valence-electron chi connectivity index (χ0n) is 14.4. The zero-order chi connectivity index (χ0) is 18.1. The highest BCUT2D eigenvalue weighted by molar-refractivity contribution is 7.90. The van der Waals surface area contributed by atoms with Crippen LogP contribution >= 0.6 is 0 Å². The Bertz CT molecular complexity index is 725. The van der Waals surface area contributed by atoms with Gasteiger partial charge in [-0.1, -0.05) is 13.8 Å². The van der Waals surface area contributed by atoms with Gasteiger partial charge in [0.1, 0.15) is 0 Å². The van der Waals surface area contributed by atoms with Crippen LogP contribution in [-0.4, -0.2) is 50.5 Å². The molecule has 1 fully saturated rings. The van der Waals surface area contributed by atoms with Crippen LogP contribution in [0.3, 0.4) is 0 Å². The van der Waals surface area contributed by atoms with Crippen molar-refractivity contribution in [2.75, 3.05) is 19.3 Å². The van der Waals surface area contributed by atoms with Crippen LogP contribution in [-0.2, 0) is 14.6 Å². The first kappa shape index (κ1) is 18.4. The lowest BCUT2D eigenvalue weighted by atomic mass is 9.91. The molecule has 0 saturated carbocycles. The standard InChI is InChI=1S/C17H24N2O4S/c1-11(2)15-9-19(10-16(15)18-12(3)20)17(21)13-5-7-14(8-6-13)24(4,22)23/h5-8,11,15-16H,9-10H2,1-4H3,(H,18,20)/t15-,16+/m1/s1. The van der Waals surface area contributed by atoms with Gasteiger partial charge in [-0.2, -0.15) is 0 Å². The minimum Gasteiger partial charge on any atom is -0.351 e. The van der Waals surface area contributed by atoms with Crippen molar-refractivity contribution >= 4 is 21.7 Å². The first-order valence-electron chi connectivity index (χ1n) is 7.96. The fourth-order valence-electron chi connectivity index (χ4n) is 3.11. The van der Waals surface area contributed by atoms with Crippen molar-refractivity contribution in [3.63, 3.8) is 0 Å². The van der Waals surface area contributed by atoms with Crippen molar-refractivity contribution in [2.24, 2.45) is 11.8 Å². The Kier molecular flexibility index (Phi) is 5.32. The van der Waals surface area contributed by atoms with Crippen LogP contribution in [0.2, 0.25) is 0 Å². The van der Waals surface area contributed by atoms with E-state index >= 15 is 0 Å². The predicted molar refractivity (Wildman–Crippen MR) is 91.4 cm³/mol. The molecule has 0 aromatic heterocycles. The van der Waals surface area contributed by atoms with Gasteiger partial charge >= 0.3 is 0 Å². The molecule has 132 valence electrons. The van der Waals surface area contributed by atoms with Crippen LogP contribution in [0.25, 0.3) is 0 Å². The largest absolute Gasteiger partial charge is 0.351 e. The van der Waals surface area contributed by atoms with Crippen molar-refractivity contribution in [2.45, 2.75) is 31.7 Å². The third-order valence-corrected chi connectivity index (χ3v) is 5.56. The summed E-state index contributed by atoms with van der Waals surface area (Å²) in [6, 6.07) is 5.92. The number of amides is 2. The van der Waals surface area contributed by atoms with Crippen LogP contribution < -0.4 is 5.32 Å². The fourth-order valence-corrected chi connectivity index (χ4v) is 3.74. The number of hydrogen-bond donors (Lipinski definition) is 1. The van der Waals surface area contributed by atoms with Crippen molar-refractivity contribution in [3.05, 3.63) is 29.8 Å². The second-order valence-corrected chi connectivity index (χ2v) is 8.74. The molecule has 2 rings (SSSR count). The summed E-state index contributed by atoms with van der Waals surface area (Å²) in [6.45, 7) is 6.68. The molecule has 0 bridgehead atoms. The summed E-state index contributed by atoms with van der Waals surface area (Å²) >= 11 is 0. The van der Waals surface area contributed by atoms with Gasteiger partial charge in [-0.15, -0.1) is 0 Å². The fraction of sp³-hybridized carbons (Fsp3) is 0.529. The lowest BCUT2D eigenvalue weighted by Gasteiger charge is -2.21. The van der Waals surface area contributed by atoms with Gasteiger partial charge in [0.2, 0.25) is 5.91 Å². The SMILES string of the molecule is CC(=O)N[C@H]1CN(C(=O)c2ccc(S(C)(=O)=O)cc2)C[C@@H]1C(C)C. The van der Waals surface area contributed by atoms with Crippen LogP contribution in [0.4, 0.5) is 0 Å². The zero-order valence-corrected chi connectivity index (χ0v) is 15.3. The Balaban J connectivity index is 2.16. The lowest BCUT2D eigenvalue weighted by molar-refractivity contribution is -0.119. The molecular formula is C17H24N2O4S. The number of nitrogens with one attached hydrogen (secondary N) is 1. The van der Waals surface area contributed by atoms with E-state index in [0.717, 1.165) is 6.26 Å². The highest BCUT2D eigenvalue weighted by Crippen LogP contribution is 2.26. The van der Waals surface area contributed by atoms with Crippen LogP contribution in [0.15, 0.2) is 29.2 Å². The molecule has 1 heterocycles. The molecule has 1 saturated heterocycles. The van der Waals surface area contributed by atoms with Crippen molar-refractivity contribution in [1.82, 2.24) is 10.2 Å². The summed E-state index contributed by atoms with van der Waals surface area (Å²) in [5, 5.41) is 2.93. The van der Waals surface area contributed by atoms with Gasteiger partial charge in [-0.05, 0) is 30.2 Å². The van der Waals surface area contributed by atoms with Gasteiger partial charge in [0.05, 0.1) is 10.9 Å². The van der Waals surface area contributed by atoms with E-state index in [1.807, 2.05) is 0 Å². The number of likely N-dealkylation sites (tertiary alicyclic amines) is 1. The number of hydrogen-bond acceptors (Lipinski definition) is 4. The maximum atomic E-state index is 12.7. The van der Waals surface area contributed by atoms with E-state index in [1.165, 1.54) is 31.2 Å². The third-order valence-electron chi connectivity index (χ3n) is 4.43. The minimum absolute atomic E-state index is 0.0539. The summed E-state index contributed by atoms with van der Waals surface area (Å²) in [6.07, 6.45) is 1.13. The van der Waals surface area contributed by atoms with E-state index < -0.39 is 9.84 Å². The Labute approximate surface area is 143 Å². The molecule has 0 unspecified atom stereocenters. The molecule has 2 amide bonds. The smallest absolute Gasteiger partial charge is 0.253 e.